The van der Waals surface area contributed by atoms with E-state index in [9.17, 15) is 0 Å². The van der Waals surface area contributed by atoms with Crippen LogP contribution in [0.4, 0.5) is 0 Å². The van der Waals surface area contributed by atoms with E-state index >= 15 is 0 Å². The maximum atomic E-state index is 5.47. The summed E-state index contributed by atoms with van der Waals surface area (Å²) < 4.78 is 7.78. The van der Waals surface area contributed by atoms with Crippen LogP contribution in [0.3, 0.4) is 0 Å². The zero-order chi connectivity index (χ0) is 11.9. The standard InChI is InChI=1S/C15H16N2O.ClH/c1-2-5-13-12(4-1)15(14-6-3-7-17(13)14)16-8-10-18-11-9-16;/h1-7,15H,8-11H2;1H/p-1. The molecule has 2 aliphatic rings. The number of halogens is 1. The number of hydrogen-bond acceptors (Lipinski definition) is 2. The van der Waals surface area contributed by atoms with Gasteiger partial charge in [0.15, 0.2) is 0 Å². The summed E-state index contributed by atoms with van der Waals surface area (Å²) in [5, 5.41) is 0. The second kappa shape index (κ2) is 5.00. The van der Waals surface area contributed by atoms with E-state index in [0.29, 0.717) is 6.04 Å². The summed E-state index contributed by atoms with van der Waals surface area (Å²) in [7, 11) is 0. The number of fused-ring (bicyclic) bond motifs is 3. The Bertz CT molecular complexity index is 575. The number of para-hydroxylation sites is 1. The molecule has 2 aromatic rings. The monoisotopic (exact) mass is 275 g/mol. The Balaban J connectivity index is 0.00000110. The summed E-state index contributed by atoms with van der Waals surface area (Å²) >= 11 is 0. The highest BCUT2D eigenvalue weighted by atomic mass is 35.5. The molecule has 1 atom stereocenters. The third-order valence-electron chi connectivity index (χ3n) is 3.96. The smallest absolute Gasteiger partial charge is 0.0781 e. The molecule has 0 spiro atoms. The van der Waals surface area contributed by atoms with E-state index < -0.39 is 0 Å². The van der Waals surface area contributed by atoms with Gasteiger partial charge in [-0.1, -0.05) is 18.2 Å². The first kappa shape index (κ1) is 12.7. The van der Waals surface area contributed by atoms with Gasteiger partial charge in [0.25, 0.3) is 0 Å². The van der Waals surface area contributed by atoms with E-state index in [4.69, 9.17) is 4.74 Å². The van der Waals surface area contributed by atoms with Gasteiger partial charge in [-0.3, -0.25) is 4.90 Å². The maximum Gasteiger partial charge on any atom is 0.0781 e. The highest BCUT2D eigenvalue weighted by molar-refractivity contribution is 5.53. The van der Waals surface area contributed by atoms with E-state index in [0.717, 1.165) is 26.3 Å². The van der Waals surface area contributed by atoms with Gasteiger partial charge >= 0.3 is 0 Å². The predicted octanol–water partition coefficient (Wildman–Crippen LogP) is -0.784. The van der Waals surface area contributed by atoms with Crippen LogP contribution >= 0.6 is 0 Å². The molecule has 1 saturated heterocycles. The number of ether oxygens (including phenoxy) is 1. The highest BCUT2D eigenvalue weighted by Crippen LogP contribution is 2.40. The Hall–Kier alpha value is -1.29. The number of rotatable bonds is 1. The Morgan fingerprint density at radius 2 is 1.79 bits per heavy atom. The minimum Gasteiger partial charge on any atom is -1.00 e. The average Bonchev–Trinajstić information content (AvgIpc) is 2.99. The molecule has 19 heavy (non-hydrogen) atoms. The molecule has 0 amide bonds. The topological polar surface area (TPSA) is 17.4 Å². The largest absolute Gasteiger partial charge is 1.00 e. The third-order valence-corrected chi connectivity index (χ3v) is 3.96. The molecule has 4 rings (SSSR count). The number of benzene rings is 1. The van der Waals surface area contributed by atoms with E-state index in [1.807, 2.05) is 0 Å². The molecule has 3 heterocycles. The molecule has 0 N–H and O–H groups in total. The van der Waals surface area contributed by atoms with E-state index in [2.05, 4.69) is 52.1 Å². The van der Waals surface area contributed by atoms with Gasteiger partial charge in [-0.15, -0.1) is 0 Å². The van der Waals surface area contributed by atoms with Crippen LogP contribution in [0, 0.1) is 0 Å². The van der Waals surface area contributed by atoms with E-state index in [-0.39, 0.29) is 12.4 Å². The average molecular weight is 276 g/mol. The van der Waals surface area contributed by atoms with Gasteiger partial charge in [0.1, 0.15) is 0 Å². The predicted molar refractivity (Wildman–Crippen MR) is 70.0 cm³/mol. The van der Waals surface area contributed by atoms with Gasteiger partial charge in [0, 0.05) is 25.0 Å². The molecule has 1 unspecified atom stereocenters. The van der Waals surface area contributed by atoms with Crippen molar-refractivity contribution in [1.29, 1.82) is 0 Å². The summed E-state index contributed by atoms with van der Waals surface area (Å²) in [6.45, 7) is 3.73. The molecule has 3 nitrogen and oxygen atoms in total. The first-order valence-corrected chi connectivity index (χ1v) is 6.53. The highest BCUT2D eigenvalue weighted by Gasteiger charge is 2.33. The lowest BCUT2D eigenvalue weighted by atomic mass is 10.0. The van der Waals surface area contributed by atoms with Crippen molar-refractivity contribution < 1.29 is 17.1 Å². The van der Waals surface area contributed by atoms with Crippen LogP contribution < -0.4 is 12.4 Å². The molecule has 0 saturated carbocycles. The summed E-state index contributed by atoms with van der Waals surface area (Å²) in [6, 6.07) is 13.5. The molecule has 2 aliphatic heterocycles. The molecule has 0 radical (unpaired) electrons. The Morgan fingerprint density at radius 3 is 2.63 bits per heavy atom. The Labute approximate surface area is 119 Å². The van der Waals surface area contributed by atoms with Crippen LogP contribution in [0.15, 0.2) is 42.6 Å². The van der Waals surface area contributed by atoms with E-state index in [1.165, 1.54) is 16.9 Å². The van der Waals surface area contributed by atoms with Gasteiger partial charge in [-0.25, -0.2) is 0 Å². The van der Waals surface area contributed by atoms with E-state index in [1.54, 1.807) is 0 Å². The van der Waals surface area contributed by atoms with Crippen LogP contribution in [0.2, 0.25) is 0 Å². The minimum absolute atomic E-state index is 0. The Morgan fingerprint density at radius 1 is 1.00 bits per heavy atom. The third kappa shape index (κ3) is 1.89. The molecule has 1 aromatic carbocycles. The molecule has 0 bridgehead atoms. The van der Waals surface area contributed by atoms with Crippen molar-refractivity contribution in [1.82, 2.24) is 9.47 Å². The lowest BCUT2D eigenvalue weighted by Crippen LogP contribution is -3.00. The first-order valence-electron chi connectivity index (χ1n) is 6.53. The second-order valence-electron chi connectivity index (χ2n) is 4.91. The molecular formula is C15H16ClN2O-. The summed E-state index contributed by atoms with van der Waals surface area (Å²) in [6.07, 6.45) is 2.16. The van der Waals surface area contributed by atoms with Crippen molar-refractivity contribution in [3.8, 4) is 5.69 Å². The van der Waals surface area contributed by atoms with Crippen LogP contribution in [-0.2, 0) is 4.74 Å². The fourth-order valence-electron chi connectivity index (χ4n) is 3.15. The van der Waals surface area contributed by atoms with Crippen molar-refractivity contribution in [3.63, 3.8) is 0 Å². The van der Waals surface area contributed by atoms with Gasteiger partial charge in [-0.05, 0) is 23.8 Å². The maximum absolute atomic E-state index is 5.47. The van der Waals surface area contributed by atoms with Crippen molar-refractivity contribution in [2.45, 2.75) is 6.04 Å². The molecule has 1 fully saturated rings. The normalized spacial score (nSPS) is 21.6. The van der Waals surface area contributed by atoms with Crippen molar-refractivity contribution >= 4 is 0 Å². The summed E-state index contributed by atoms with van der Waals surface area (Å²) in [5.41, 5.74) is 4.14. The zero-order valence-electron chi connectivity index (χ0n) is 10.6. The number of morpholine rings is 1. The van der Waals surface area contributed by atoms with Crippen LogP contribution in [-0.4, -0.2) is 35.8 Å². The quantitative estimate of drug-likeness (QED) is 0.679. The fraction of sp³-hybridized carbons (Fsp3) is 0.333. The summed E-state index contributed by atoms with van der Waals surface area (Å²) in [4.78, 5) is 2.53. The fourth-order valence-corrected chi connectivity index (χ4v) is 3.15. The van der Waals surface area contributed by atoms with Gasteiger partial charge in [0.05, 0.1) is 24.9 Å². The van der Waals surface area contributed by atoms with Crippen molar-refractivity contribution in [3.05, 3.63) is 53.9 Å². The first-order chi connectivity index (χ1) is 8.95. The SMILES string of the molecule is [Cl-].c1ccc2c(c1)C(N1CCOCC1)c1cccn1-2. The van der Waals surface area contributed by atoms with Gasteiger partial charge in [-0.2, -0.15) is 0 Å². The van der Waals surface area contributed by atoms with Crippen LogP contribution in [0.1, 0.15) is 17.3 Å². The van der Waals surface area contributed by atoms with Crippen LogP contribution in [0.5, 0.6) is 0 Å². The zero-order valence-corrected chi connectivity index (χ0v) is 11.4. The molecule has 4 heteroatoms. The van der Waals surface area contributed by atoms with Gasteiger partial charge < -0.3 is 21.7 Å². The molecule has 0 aliphatic carbocycles. The number of hydrogen-bond donors (Lipinski definition) is 0. The number of aromatic nitrogens is 1. The lowest BCUT2D eigenvalue weighted by Gasteiger charge is -2.32. The molecule has 100 valence electrons. The van der Waals surface area contributed by atoms with Crippen molar-refractivity contribution in [2.75, 3.05) is 26.3 Å². The number of nitrogens with zero attached hydrogens (tertiary/aromatic N) is 2. The van der Waals surface area contributed by atoms with Crippen LogP contribution in [0.25, 0.3) is 5.69 Å². The van der Waals surface area contributed by atoms with Gasteiger partial charge in [0.2, 0.25) is 0 Å². The van der Waals surface area contributed by atoms with Crippen molar-refractivity contribution in [2.24, 2.45) is 0 Å². The molecular weight excluding hydrogens is 260 g/mol. The lowest BCUT2D eigenvalue weighted by molar-refractivity contribution is -0.00000576. The Kier molecular flexibility index (Phi) is 3.35. The summed E-state index contributed by atoms with van der Waals surface area (Å²) in [5.74, 6) is 0. The minimum atomic E-state index is 0. The molecule has 1 aromatic heterocycles. The second-order valence-corrected chi connectivity index (χ2v) is 4.91.